The summed E-state index contributed by atoms with van der Waals surface area (Å²) in [7, 11) is 1.55. The van der Waals surface area contributed by atoms with Crippen molar-refractivity contribution in [1.29, 1.82) is 0 Å². The summed E-state index contributed by atoms with van der Waals surface area (Å²) in [5, 5.41) is 8.13. The fourth-order valence-corrected chi connectivity index (χ4v) is 2.38. The molecule has 3 N–H and O–H groups in total. The Balaban J connectivity index is 1.64. The van der Waals surface area contributed by atoms with Crippen molar-refractivity contribution < 1.29 is 14.4 Å². The van der Waals surface area contributed by atoms with E-state index < -0.39 is 0 Å². The molecule has 1 saturated carbocycles. The number of amides is 3. The maximum Gasteiger partial charge on any atom is 0.255 e. The Morgan fingerprint density at radius 2 is 1.56 bits per heavy atom. The minimum atomic E-state index is -0.283. The molecule has 0 aliphatic heterocycles. The Morgan fingerprint density at radius 1 is 0.840 bits per heavy atom. The van der Waals surface area contributed by atoms with E-state index in [2.05, 4.69) is 16.0 Å². The lowest BCUT2D eigenvalue weighted by atomic mass is 10.1. The molecule has 0 saturated heterocycles. The lowest BCUT2D eigenvalue weighted by Crippen LogP contribution is -2.18. The van der Waals surface area contributed by atoms with Crippen LogP contribution in [-0.4, -0.2) is 24.8 Å². The van der Waals surface area contributed by atoms with Crippen molar-refractivity contribution in [3.63, 3.8) is 0 Å². The number of nitrogens with one attached hydrogen (secondary N) is 3. The number of hydrogen-bond acceptors (Lipinski definition) is 3. The molecule has 0 aromatic heterocycles. The van der Waals surface area contributed by atoms with E-state index in [-0.39, 0.29) is 23.6 Å². The van der Waals surface area contributed by atoms with E-state index >= 15 is 0 Å². The molecule has 6 heteroatoms. The number of hydrogen-bond donors (Lipinski definition) is 3. The highest BCUT2D eigenvalue weighted by molar-refractivity contribution is 6.05. The standard InChI is InChI=1S/C19H19N3O3/c1-20-17(23)14-3-2-4-16(11-14)22-19(25)13-7-9-15(10-8-13)21-18(24)12-5-6-12/h2-4,7-12H,5-6H2,1H3,(H,20,23)(H,21,24)(H,22,25). The van der Waals surface area contributed by atoms with E-state index in [1.165, 1.54) is 0 Å². The predicted octanol–water partition coefficient (Wildman–Crippen LogP) is 2.65. The van der Waals surface area contributed by atoms with Crippen LogP contribution in [0.5, 0.6) is 0 Å². The number of carbonyl (C=O) groups excluding carboxylic acids is 3. The minimum Gasteiger partial charge on any atom is -0.355 e. The summed E-state index contributed by atoms with van der Waals surface area (Å²) in [6.45, 7) is 0. The third kappa shape index (κ3) is 4.23. The molecule has 2 aromatic carbocycles. The first-order valence-corrected chi connectivity index (χ1v) is 8.11. The van der Waals surface area contributed by atoms with Gasteiger partial charge in [-0.1, -0.05) is 6.07 Å². The van der Waals surface area contributed by atoms with Gasteiger partial charge in [-0.05, 0) is 55.3 Å². The second-order valence-electron chi connectivity index (χ2n) is 5.95. The van der Waals surface area contributed by atoms with Gasteiger partial charge in [-0.15, -0.1) is 0 Å². The molecule has 3 amide bonds. The van der Waals surface area contributed by atoms with Gasteiger partial charge in [0.1, 0.15) is 0 Å². The second-order valence-corrected chi connectivity index (χ2v) is 5.95. The van der Waals surface area contributed by atoms with Crippen LogP contribution in [-0.2, 0) is 4.79 Å². The van der Waals surface area contributed by atoms with E-state index in [0.717, 1.165) is 12.8 Å². The third-order valence-corrected chi connectivity index (χ3v) is 3.97. The van der Waals surface area contributed by atoms with Crippen LogP contribution in [0.4, 0.5) is 11.4 Å². The van der Waals surface area contributed by atoms with Gasteiger partial charge in [-0.25, -0.2) is 0 Å². The molecule has 6 nitrogen and oxygen atoms in total. The molecule has 3 rings (SSSR count). The molecular weight excluding hydrogens is 318 g/mol. The SMILES string of the molecule is CNC(=O)c1cccc(NC(=O)c2ccc(NC(=O)C3CC3)cc2)c1. The van der Waals surface area contributed by atoms with E-state index in [4.69, 9.17) is 0 Å². The first-order chi connectivity index (χ1) is 12.1. The van der Waals surface area contributed by atoms with Gasteiger partial charge < -0.3 is 16.0 Å². The summed E-state index contributed by atoms with van der Waals surface area (Å²) in [6.07, 6.45) is 1.89. The number of anilines is 2. The topological polar surface area (TPSA) is 87.3 Å². The van der Waals surface area contributed by atoms with Gasteiger partial charge in [0.15, 0.2) is 0 Å². The monoisotopic (exact) mass is 337 g/mol. The highest BCUT2D eigenvalue weighted by Crippen LogP contribution is 2.30. The van der Waals surface area contributed by atoms with Crippen LogP contribution in [0.2, 0.25) is 0 Å². The van der Waals surface area contributed by atoms with Gasteiger partial charge in [-0.3, -0.25) is 14.4 Å². The number of benzene rings is 2. The molecule has 0 bridgehead atoms. The molecular formula is C19H19N3O3. The Kier molecular flexibility index (Phi) is 4.79. The van der Waals surface area contributed by atoms with Crippen LogP contribution in [0.3, 0.4) is 0 Å². The van der Waals surface area contributed by atoms with Crippen molar-refractivity contribution in [1.82, 2.24) is 5.32 Å². The van der Waals surface area contributed by atoms with Crippen molar-refractivity contribution in [3.8, 4) is 0 Å². The lowest BCUT2D eigenvalue weighted by molar-refractivity contribution is -0.117. The van der Waals surface area contributed by atoms with Crippen molar-refractivity contribution in [2.24, 2.45) is 5.92 Å². The second kappa shape index (κ2) is 7.17. The zero-order valence-electron chi connectivity index (χ0n) is 13.8. The molecule has 25 heavy (non-hydrogen) atoms. The smallest absolute Gasteiger partial charge is 0.255 e. The Bertz CT molecular complexity index is 811. The van der Waals surface area contributed by atoms with E-state index in [1.54, 1.807) is 55.6 Å². The predicted molar refractivity (Wildman–Crippen MR) is 95.6 cm³/mol. The fourth-order valence-electron chi connectivity index (χ4n) is 2.38. The molecule has 0 radical (unpaired) electrons. The molecule has 1 aliphatic carbocycles. The van der Waals surface area contributed by atoms with Gasteiger partial charge in [0.25, 0.3) is 11.8 Å². The summed E-state index contributed by atoms with van der Waals surface area (Å²) in [6, 6.07) is 13.4. The van der Waals surface area contributed by atoms with Crippen molar-refractivity contribution in [3.05, 3.63) is 59.7 Å². The van der Waals surface area contributed by atoms with Gasteiger partial charge in [0.05, 0.1) is 0 Å². The van der Waals surface area contributed by atoms with E-state index in [0.29, 0.717) is 22.5 Å². The van der Waals surface area contributed by atoms with Crippen LogP contribution in [0, 0.1) is 5.92 Å². The molecule has 0 heterocycles. The average Bonchev–Trinajstić information content (AvgIpc) is 3.47. The molecule has 1 fully saturated rings. The van der Waals surface area contributed by atoms with Crippen LogP contribution >= 0.6 is 0 Å². The summed E-state index contributed by atoms with van der Waals surface area (Å²) in [5.41, 5.74) is 2.15. The summed E-state index contributed by atoms with van der Waals surface area (Å²) >= 11 is 0. The maximum atomic E-state index is 12.3. The quantitative estimate of drug-likeness (QED) is 0.784. The van der Waals surface area contributed by atoms with Crippen molar-refractivity contribution in [2.75, 3.05) is 17.7 Å². The molecule has 0 unspecified atom stereocenters. The fraction of sp³-hybridized carbons (Fsp3) is 0.211. The van der Waals surface area contributed by atoms with Crippen molar-refractivity contribution >= 4 is 29.1 Å². The molecule has 0 spiro atoms. The zero-order chi connectivity index (χ0) is 17.8. The largest absolute Gasteiger partial charge is 0.355 e. The normalized spacial score (nSPS) is 13.0. The molecule has 1 aliphatic rings. The minimum absolute atomic E-state index is 0.0308. The first kappa shape index (κ1) is 16.7. The van der Waals surface area contributed by atoms with Gasteiger partial charge in [0.2, 0.25) is 5.91 Å². The van der Waals surface area contributed by atoms with Crippen molar-refractivity contribution in [2.45, 2.75) is 12.8 Å². The Morgan fingerprint density at radius 3 is 2.20 bits per heavy atom. The third-order valence-electron chi connectivity index (χ3n) is 3.97. The summed E-state index contributed by atoms with van der Waals surface area (Å²) in [5.74, 6) is -0.334. The van der Waals surface area contributed by atoms with Crippen LogP contribution in [0.15, 0.2) is 48.5 Å². The van der Waals surface area contributed by atoms with Gasteiger partial charge >= 0.3 is 0 Å². The van der Waals surface area contributed by atoms with Crippen LogP contribution in [0.1, 0.15) is 33.6 Å². The van der Waals surface area contributed by atoms with Gasteiger partial charge in [-0.2, -0.15) is 0 Å². The number of carbonyl (C=O) groups is 3. The number of rotatable bonds is 5. The molecule has 128 valence electrons. The van der Waals surface area contributed by atoms with Crippen LogP contribution < -0.4 is 16.0 Å². The lowest BCUT2D eigenvalue weighted by Gasteiger charge is -2.08. The van der Waals surface area contributed by atoms with E-state index in [9.17, 15) is 14.4 Å². The van der Waals surface area contributed by atoms with Crippen LogP contribution in [0.25, 0.3) is 0 Å². The average molecular weight is 337 g/mol. The first-order valence-electron chi connectivity index (χ1n) is 8.11. The van der Waals surface area contributed by atoms with Gasteiger partial charge in [0, 0.05) is 35.5 Å². The zero-order valence-corrected chi connectivity index (χ0v) is 13.8. The highest BCUT2D eigenvalue weighted by atomic mass is 16.2. The summed E-state index contributed by atoms with van der Waals surface area (Å²) < 4.78 is 0. The van der Waals surface area contributed by atoms with E-state index in [1.807, 2.05) is 0 Å². The molecule has 0 atom stereocenters. The Labute approximate surface area is 145 Å². The maximum absolute atomic E-state index is 12.3. The molecule has 2 aromatic rings. The highest BCUT2D eigenvalue weighted by Gasteiger charge is 2.29. The summed E-state index contributed by atoms with van der Waals surface area (Å²) in [4.78, 5) is 35.7. The Hall–Kier alpha value is -3.15.